The lowest BCUT2D eigenvalue weighted by atomic mass is 10.1. The van der Waals surface area contributed by atoms with Gasteiger partial charge in [0.05, 0.1) is 29.7 Å². The van der Waals surface area contributed by atoms with E-state index >= 15 is 0 Å². The van der Waals surface area contributed by atoms with Crippen LogP contribution in [0.15, 0.2) is 36.4 Å². The summed E-state index contributed by atoms with van der Waals surface area (Å²) in [5, 5.41) is 14.7. The minimum atomic E-state index is -0.824. The Labute approximate surface area is 185 Å². The number of rotatable bonds is 7. The standard InChI is InChI=1S/C24H25ClN4O2/c1-4-19-17(11-23(30)31)22(5-2)29(28-19)13-15-6-8-16(9-7-15)24-26-20-10-14(3)18(25)12-21(20)27-24/h6-10,12H,4-5,11,13H2,1-3H3,(H,26,27)(H,30,31). The van der Waals surface area contributed by atoms with E-state index in [2.05, 4.69) is 22.1 Å². The number of hydrogen-bond acceptors (Lipinski definition) is 3. The fourth-order valence-corrected chi connectivity index (χ4v) is 4.13. The molecule has 4 rings (SSSR count). The quantitative estimate of drug-likeness (QED) is 0.417. The van der Waals surface area contributed by atoms with E-state index in [1.165, 1.54) is 0 Å². The van der Waals surface area contributed by atoms with Crippen molar-refractivity contribution in [2.45, 2.75) is 46.6 Å². The average Bonchev–Trinajstić information content (AvgIpc) is 3.29. The molecule has 0 atom stereocenters. The zero-order valence-corrected chi connectivity index (χ0v) is 18.6. The number of nitrogens with one attached hydrogen (secondary N) is 1. The molecule has 0 bridgehead atoms. The molecule has 0 aliphatic rings. The zero-order valence-electron chi connectivity index (χ0n) is 17.9. The Bertz CT molecular complexity index is 1220. The molecule has 0 saturated carbocycles. The Morgan fingerprint density at radius 2 is 1.90 bits per heavy atom. The predicted molar refractivity (Wildman–Crippen MR) is 123 cm³/mol. The number of carboxylic acid groups (broad SMARTS) is 1. The lowest BCUT2D eigenvalue weighted by Gasteiger charge is -2.08. The smallest absolute Gasteiger partial charge is 0.307 e. The molecule has 6 nitrogen and oxygen atoms in total. The fourth-order valence-electron chi connectivity index (χ4n) is 3.97. The van der Waals surface area contributed by atoms with E-state index in [0.29, 0.717) is 11.6 Å². The summed E-state index contributed by atoms with van der Waals surface area (Å²) in [5.74, 6) is -0.0239. The number of halogens is 1. The minimum Gasteiger partial charge on any atom is -0.481 e. The molecule has 0 spiro atoms. The highest BCUT2D eigenvalue weighted by molar-refractivity contribution is 6.32. The molecular weight excluding hydrogens is 412 g/mol. The number of aryl methyl sites for hydroxylation is 2. The maximum atomic E-state index is 11.3. The van der Waals surface area contributed by atoms with E-state index in [0.717, 1.165) is 63.3 Å². The molecule has 2 aromatic carbocycles. The first-order chi connectivity index (χ1) is 14.9. The van der Waals surface area contributed by atoms with Gasteiger partial charge in [0.2, 0.25) is 0 Å². The number of aromatic amines is 1. The minimum absolute atomic E-state index is 0.0147. The molecule has 4 aromatic rings. The van der Waals surface area contributed by atoms with Crippen LogP contribution in [-0.4, -0.2) is 30.8 Å². The van der Waals surface area contributed by atoms with E-state index in [1.807, 2.05) is 49.7 Å². The van der Waals surface area contributed by atoms with Crippen molar-refractivity contribution in [3.8, 4) is 11.4 Å². The summed E-state index contributed by atoms with van der Waals surface area (Å²) in [6.45, 7) is 6.62. The second kappa shape index (κ2) is 8.55. The van der Waals surface area contributed by atoms with Crippen LogP contribution >= 0.6 is 11.6 Å². The molecule has 7 heteroatoms. The molecule has 2 heterocycles. The summed E-state index contributed by atoms with van der Waals surface area (Å²) in [4.78, 5) is 19.3. The molecular formula is C24H25ClN4O2. The van der Waals surface area contributed by atoms with Crippen LogP contribution in [0.5, 0.6) is 0 Å². The van der Waals surface area contributed by atoms with Crippen molar-refractivity contribution in [2.24, 2.45) is 0 Å². The summed E-state index contributed by atoms with van der Waals surface area (Å²) in [6.07, 6.45) is 1.48. The van der Waals surface area contributed by atoms with Crippen LogP contribution in [0.3, 0.4) is 0 Å². The molecule has 2 aromatic heterocycles. The van der Waals surface area contributed by atoms with Gasteiger partial charge in [0.1, 0.15) is 5.82 Å². The van der Waals surface area contributed by atoms with Crippen LogP contribution in [0.4, 0.5) is 0 Å². The Morgan fingerprint density at radius 3 is 2.55 bits per heavy atom. The number of nitrogens with zero attached hydrogens (tertiary/aromatic N) is 3. The van der Waals surface area contributed by atoms with Crippen molar-refractivity contribution in [1.82, 2.24) is 19.7 Å². The van der Waals surface area contributed by atoms with Crippen molar-refractivity contribution in [3.05, 3.63) is 69.5 Å². The van der Waals surface area contributed by atoms with Gasteiger partial charge in [-0.2, -0.15) is 5.10 Å². The molecule has 2 N–H and O–H groups in total. The van der Waals surface area contributed by atoms with Gasteiger partial charge in [0, 0.05) is 21.8 Å². The normalized spacial score (nSPS) is 11.4. The van der Waals surface area contributed by atoms with Crippen LogP contribution in [0.25, 0.3) is 22.4 Å². The van der Waals surface area contributed by atoms with E-state index in [4.69, 9.17) is 16.7 Å². The predicted octanol–water partition coefficient (Wildman–Crippen LogP) is 5.19. The number of carbonyl (C=O) groups is 1. The zero-order chi connectivity index (χ0) is 22.1. The second-order valence-corrected chi connectivity index (χ2v) is 8.12. The van der Waals surface area contributed by atoms with Gasteiger partial charge >= 0.3 is 5.97 Å². The first-order valence-corrected chi connectivity index (χ1v) is 10.8. The Balaban J connectivity index is 1.61. The highest BCUT2D eigenvalue weighted by Gasteiger charge is 2.18. The van der Waals surface area contributed by atoms with Gasteiger partial charge < -0.3 is 10.1 Å². The van der Waals surface area contributed by atoms with Gasteiger partial charge in [-0.25, -0.2) is 4.98 Å². The molecule has 0 unspecified atom stereocenters. The number of fused-ring (bicyclic) bond motifs is 1. The molecule has 0 aliphatic carbocycles. The monoisotopic (exact) mass is 436 g/mol. The number of aliphatic carboxylic acids is 1. The first kappa shape index (κ1) is 21.1. The van der Waals surface area contributed by atoms with E-state index < -0.39 is 5.97 Å². The van der Waals surface area contributed by atoms with Gasteiger partial charge in [-0.1, -0.05) is 49.7 Å². The lowest BCUT2D eigenvalue weighted by molar-refractivity contribution is -0.136. The Morgan fingerprint density at radius 1 is 1.16 bits per heavy atom. The fraction of sp³-hybridized carbons (Fsp3) is 0.292. The highest BCUT2D eigenvalue weighted by Crippen LogP contribution is 2.26. The van der Waals surface area contributed by atoms with Crippen LogP contribution in [0, 0.1) is 6.92 Å². The average molecular weight is 437 g/mol. The van der Waals surface area contributed by atoms with Crippen LogP contribution < -0.4 is 0 Å². The third kappa shape index (κ3) is 4.21. The van der Waals surface area contributed by atoms with Gasteiger partial charge in [-0.05, 0) is 43.0 Å². The number of benzene rings is 2. The summed E-state index contributed by atoms with van der Waals surface area (Å²) in [7, 11) is 0. The van der Waals surface area contributed by atoms with Crippen molar-refractivity contribution >= 4 is 28.6 Å². The maximum Gasteiger partial charge on any atom is 0.307 e. The van der Waals surface area contributed by atoms with E-state index in [1.54, 1.807) is 0 Å². The third-order valence-electron chi connectivity index (χ3n) is 5.57. The second-order valence-electron chi connectivity index (χ2n) is 7.71. The van der Waals surface area contributed by atoms with Crippen molar-refractivity contribution in [1.29, 1.82) is 0 Å². The van der Waals surface area contributed by atoms with E-state index in [-0.39, 0.29) is 6.42 Å². The summed E-state index contributed by atoms with van der Waals surface area (Å²) in [5.41, 5.74) is 7.62. The summed E-state index contributed by atoms with van der Waals surface area (Å²) >= 11 is 6.22. The molecule has 0 radical (unpaired) electrons. The Kier molecular flexibility index (Phi) is 5.83. The molecule has 0 fully saturated rings. The summed E-state index contributed by atoms with van der Waals surface area (Å²) < 4.78 is 1.94. The topological polar surface area (TPSA) is 83.8 Å². The number of hydrogen-bond donors (Lipinski definition) is 2. The van der Waals surface area contributed by atoms with Gasteiger partial charge in [0.25, 0.3) is 0 Å². The number of carboxylic acids is 1. The lowest BCUT2D eigenvalue weighted by Crippen LogP contribution is -2.08. The van der Waals surface area contributed by atoms with Gasteiger partial charge in [-0.15, -0.1) is 0 Å². The largest absolute Gasteiger partial charge is 0.481 e. The number of H-pyrrole nitrogens is 1. The van der Waals surface area contributed by atoms with Crippen molar-refractivity contribution < 1.29 is 9.90 Å². The molecule has 160 valence electrons. The van der Waals surface area contributed by atoms with Gasteiger partial charge in [-0.3, -0.25) is 9.48 Å². The Hall–Kier alpha value is -3.12. The SMILES string of the molecule is CCc1nn(Cc2ccc(-c3nc4cc(Cl)c(C)cc4[nH]3)cc2)c(CC)c1CC(=O)O. The number of imidazole rings is 1. The molecule has 0 aliphatic heterocycles. The van der Waals surface area contributed by atoms with Gasteiger partial charge in [0.15, 0.2) is 0 Å². The molecule has 0 amide bonds. The van der Waals surface area contributed by atoms with Crippen molar-refractivity contribution in [2.75, 3.05) is 0 Å². The molecule has 0 saturated heterocycles. The number of aromatic nitrogens is 4. The first-order valence-electron chi connectivity index (χ1n) is 10.4. The summed E-state index contributed by atoms with van der Waals surface area (Å²) in [6, 6.07) is 12.1. The van der Waals surface area contributed by atoms with Crippen LogP contribution in [0.1, 0.15) is 41.9 Å². The highest BCUT2D eigenvalue weighted by atomic mass is 35.5. The maximum absolute atomic E-state index is 11.3. The van der Waals surface area contributed by atoms with Crippen LogP contribution in [0.2, 0.25) is 5.02 Å². The van der Waals surface area contributed by atoms with Crippen LogP contribution in [-0.2, 0) is 30.6 Å². The molecule has 31 heavy (non-hydrogen) atoms. The third-order valence-corrected chi connectivity index (χ3v) is 5.98. The van der Waals surface area contributed by atoms with Crippen molar-refractivity contribution in [3.63, 3.8) is 0 Å². The van der Waals surface area contributed by atoms with E-state index in [9.17, 15) is 9.90 Å².